The summed E-state index contributed by atoms with van der Waals surface area (Å²) in [6.45, 7) is 11.6. The minimum atomic E-state index is 0. The Morgan fingerprint density at radius 1 is 0.970 bits per heavy atom. The predicted octanol–water partition coefficient (Wildman–Crippen LogP) is 4.04. The number of guanidine groups is 1. The molecule has 0 saturated carbocycles. The molecule has 2 N–H and O–H groups in total. The number of anilines is 1. The van der Waals surface area contributed by atoms with Crippen LogP contribution in [-0.2, 0) is 13.1 Å². The van der Waals surface area contributed by atoms with Crippen LogP contribution >= 0.6 is 24.0 Å². The third-order valence-corrected chi connectivity index (χ3v) is 5.52. The van der Waals surface area contributed by atoms with E-state index < -0.39 is 0 Å². The van der Waals surface area contributed by atoms with Gasteiger partial charge in [-0.1, -0.05) is 24.3 Å². The normalized spacial score (nSPS) is 15.0. The first-order valence-electron chi connectivity index (χ1n) is 11.5. The maximum Gasteiger partial charge on any atom is 0.196 e. The van der Waals surface area contributed by atoms with Crippen molar-refractivity contribution in [2.45, 2.75) is 26.9 Å². The van der Waals surface area contributed by atoms with Crippen molar-refractivity contribution in [3.8, 4) is 11.5 Å². The van der Waals surface area contributed by atoms with Crippen LogP contribution in [0.3, 0.4) is 0 Å². The Morgan fingerprint density at radius 3 is 2.30 bits per heavy atom. The number of hydrogen-bond acceptors (Lipinski definition) is 5. The van der Waals surface area contributed by atoms with Crippen LogP contribution in [0.2, 0.25) is 0 Å². The molecule has 0 radical (unpaired) electrons. The van der Waals surface area contributed by atoms with E-state index in [9.17, 15) is 0 Å². The summed E-state index contributed by atoms with van der Waals surface area (Å²) in [5.41, 5.74) is 3.44. The number of piperazine rings is 1. The molecule has 1 aliphatic heterocycles. The van der Waals surface area contributed by atoms with Gasteiger partial charge in [0.05, 0.1) is 20.3 Å². The molecular formula is C25H38IN5O2. The molecule has 8 heteroatoms. The number of benzene rings is 2. The Hall–Kier alpha value is -2.04. The van der Waals surface area contributed by atoms with Gasteiger partial charge < -0.3 is 25.0 Å². The number of ether oxygens (including phenoxy) is 2. The first kappa shape index (κ1) is 27.2. The van der Waals surface area contributed by atoms with Crippen molar-refractivity contribution in [2.75, 3.05) is 58.8 Å². The number of hydrogen-bond donors (Lipinski definition) is 2. The number of likely N-dealkylation sites (N-methyl/N-ethyl adjacent to an activating group) is 1. The Morgan fingerprint density at radius 2 is 1.67 bits per heavy atom. The van der Waals surface area contributed by atoms with Crippen molar-refractivity contribution in [3.63, 3.8) is 0 Å². The van der Waals surface area contributed by atoms with Gasteiger partial charge >= 0.3 is 0 Å². The second-order valence-electron chi connectivity index (χ2n) is 8.01. The highest BCUT2D eigenvalue weighted by Gasteiger charge is 2.13. The van der Waals surface area contributed by atoms with Gasteiger partial charge in [-0.05, 0) is 44.2 Å². The zero-order valence-corrected chi connectivity index (χ0v) is 22.6. The van der Waals surface area contributed by atoms with Crippen LogP contribution in [0.5, 0.6) is 11.5 Å². The van der Waals surface area contributed by atoms with Gasteiger partial charge in [0.2, 0.25) is 0 Å². The van der Waals surface area contributed by atoms with E-state index in [1.165, 1.54) is 11.1 Å². The molecule has 0 unspecified atom stereocenters. The van der Waals surface area contributed by atoms with Crippen LogP contribution in [0.15, 0.2) is 47.5 Å². The monoisotopic (exact) mass is 567 g/mol. The average Bonchev–Trinajstić information content (AvgIpc) is 2.80. The minimum Gasteiger partial charge on any atom is -0.493 e. The van der Waals surface area contributed by atoms with Crippen LogP contribution < -0.4 is 20.1 Å². The number of nitrogens with zero attached hydrogens (tertiary/aromatic N) is 3. The number of rotatable bonds is 9. The number of halogens is 1. The molecule has 0 aliphatic carbocycles. The molecular weight excluding hydrogens is 529 g/mol. The Labute approximate surface area is 215 Å². The largest absolute Gasteiger partial charge is 0.493 e. The van der Waals surface area contributed by atoms with Gasteiger partial charge in [0, 0.05) is 51.0 Å². The molecule has 182 valence electrons. The molecule has 3 rings (SSSR count). The zero-order chi connectivity index (χ0) is 22.8. The third-order valence-electron chi connectivity index (χ3n) is 5.52. The fourth-order valence-electron chi connectivity index (χ4n) is 3.65. The van der Waals surface area contributed by atoms with Crippen molar-refractivity contribution in [2.24, 2.45) is 4.99 Å². The van der Waals surface area contributed by atoms with Gasteiger partial charge in [-0.15, -0.1) is 24.0 Å². The highest BCUT2D eigenvalue weighted by Crippen LogP contribution is 2.30. The van der Waals surface area contributed by atoms with Crippen LogP contribution in [0.1, 0.15) is 25.0 Å². The quantitative estimate of drug-likeness (QED) is 0.271. The lowest BCUT2D eigenvalue weighted by molar-refractivity contribution is 0.148. The van der Waals surface area contributed by atoms with Crippen LogP contribution in [0.25, 0.3) is 0 Å². The van der Waals surface area contributed by atoms with Crippen molar-refractivity contribution in [1.29, 1.82) is 0 Å². The smallest absolute Gasteiger partial charge is 0.196 e. The summed E-state index contributed by atoms with van der Waals surface area (Å²) >= 11 is 0. The Balaban J connectivity index is 0.00000385. The van der Waals surface area contributed by atoms with Crippen LogP contribution in [-0.4, -0.2) is 69.2 Å². The molecule has 0 spiro atoms. The summed E-state index contributed by atoms with van der Waals surface area (Å²) < 4.78 is 11.0. The summed E-state index contributed by atoms with van der Waals surface area (Å²) in [6, 6.07) is 14.6. The lowest BCUT2D eigenvalue weighted by Crippen LogP contribution is -2.43. The lowest BCUT2D eigenvalue weighted by Gasteiger charge is -2.32. The van der Waals surface area contributed by atoms with Gasteiger partial charge in [0.25, 0.3) is 0 Å². The van der Waals surface area contributed by atoms with E-state index in [2.05, 4.69) is 58.7 Å². The molecule has 0 bridgehead atoms. The average molecular weight is 568 g/mol. The topological polar surface area (TPSA) is 61.4 Å². The fraction of sp³-hybridized carbons (Fsp3) is 0.480. The second-order valence-corrected chi connectivity index (χ2v) is 8.01. The van der Waals surface area contributed by atoms with Gasteiger partial charge in [0.1, 0.15) is 0 Å². The molecule has 1 fully saturated rings. The maximum atomic E-state index is 5.68. The SMILES string of the molecule is CCNC(=NCc1ccc(CN2CCN(C)CC2)cc1)Nc1ccc(OC)c(OCC)c1.I. The summed E-state index contributed by atoms with van der Waals surface area (Å²) in [7, 11) is 3.84. The summed E-state index contributed by atoms with van der Waals surface area (Å²) in [5.74, 6) is 2.17. The van der Waals surface area contributed by atoms with Crippen molar-refractivity contribution in [3.05, 3.63) is 53.6 Å². The fourth-order valence-corrected chi connectivity index (χ4v) is 3.65. The van der Waals surface area contributed by atoms with Gasteiger partial charge in [-0.3, -0.25) is 4.90 Å². The van der Waals surface area contributed by atoms with Crippen molar-refractivity contribution < 1.29 is 9.47 Å². The zero-order valence-electron chi connectivity index (χ0n) is 20.3. The van der Waals surface area contributed by atoms with E-state index in [-0.39, 0.29) is 24.0 Å². The van der Waals surface area contributed by atoms with Crippen LogP contribution in [0, 0.1) is 0 Å². The van der Waals surface area contributed by atoms with E-state index in [1.54, 1.807) is 7.11 Å². The number of aliphatic imine (C=N–C) groups is 1. The van der Waals surface area contributed by atoms with Crippen molar-refractivity contribution >= 4 is 35.6 Å². The summed E-state index contributed by atoms with van der Waals surface area (Å²) in [6.07, 6.45) is 0. The highest BCUT2D eigenvalue weighted by atomic mass is 127. The first-order chi connectivity index (χ1) is 15.6. The number of methoxy groups -OCH3 is 1. The van der Waals surface area contributed by atoms with E-state index in [0.717, 1.165) is 56.7 Å². The Kier molecular flexibility index (Phi) is 11.8. The van der Waals surface area contributed by atoms with E-state index in [4.69, 9.17) is 14.5 Å². The van der Waals surface area contributed by atoms with Gasteiger partial charge in [-0.2, -0.15) is 0 Å². The number of nitrogens with one attached hydrogen (secondary N) is 2. The molecule has 33 heavy (non-hydrogen) atoms. The molecule has 2 aromatic carbocycles. The van der Waals surface area contributed by atoms with Crippen LogP contribution in [0.4, 0.5) is 5.69 Å². The minimum absolute atomic E-state index is 0. The van der Waals surface area contributed by atoms with E-state index in [0.29, 0.717) is 18.9 Å². The summed E-state index contributed by atoms with van der Waals surface area (Å²) in [5, 5.41) is 6.67. The Bertz CT molecular complexity index is 868. The summed E-state index contributed by atoms with van der Waals surface area (Å²) in [4.78, 5) is 9.66. The molecule has 2 aromatic rings. The molecule has 7 nitrogen and oxygen atoms in total. The molecule has 0 aromatic heterocycles. The molecule has 0 amide bonds. The highest BCUT2D eigenvalue weighted by molar-refractivity contribution is 14.0. The predicted molar refractivity (Wildman–Crippen MR) is 147 cm³/mol. The van der Waals surface area contributed by atoms with E-state index >= 15 is 0 Å². The van der Waals surface area contributed by atoms with Crippen molar-refractivity contribution in [1.82, 2.24) is 15.1 Å². The molecule has 1 aliphatic rings. The second kappa shape index (κ2) is 14.3. The first-order valence-corrected chi connectivity index (χ1v) is 11.5. The maximum absolute atomic E-state index is 5.68. The van der Waals surface area contributed by atoms with Gasteiger partial charge in [-0.25, -0.2) is 4.99 Å². The van der Waals surface area contributed by atoms with Gasteiger partial charge in [0.15, 0.2) is 17.5 Å². The molecule has 0 atom stereocenters. The third kappa shape index (κ3) is 8.68. The molecule has 1 saturated heterocycles. The lowest BCUT2D eigenvalue weighted by atomic mass is 10.1. The van der Waals surface area contributed by atoms with E-state index in [1.807, 2.05) is 25.1 Å². The standard InChI is InChI=1S/C25H37N5O2.HI/c1-5-26-25(28-22-11-12-23(31-4)24(17-22)32-6-2)27-18-20-7-9-21(10-8-20)19-30-15-13-29(3)14-16-30;/h7-12,17H,5-6,13-16,18-19H2,1-4H3,(H2,26,27,28);1H. The molecule has 1 heterocycles.